The van der Waals surface area contributed by atoms with Crippen molar-refractivity contribution in [3.05, 3.63) is 41.9 Å². The van der Waals surface area contributed by atoms with Gasteiger partial charge < -0.3 is 10.1 Å². The van der Waals surface area contributed by atoms with Crippen LogP contribution in [0.1, 0.15) is 43.9 Å². The number of hydrogen-bond acceptors (Lipinski definition) is 4. The third-order valence-corrected chi connectivity index (χ3v) is 3.34. The molecule has 0 spiro atoms. The first-order valence-electron chi connectivity index (χ1n) is 7.54. The van der Waals surface area contributed by atoms with Gasteiger partial charge in [-0.2, -0.15) is 5.10 Å². The van der Waals surface area contributed by atoms with Gasteiger partial charge in [0.2, 0.25) is 5.88 Å². The van der Waals surface area contributed by atoms with Crippen molar-refractivity contribution >= 4 is 0 Å². The van der Waals surface area contributed by atoms with E-state index < -0.39 is 0 Å². The second-order valence-electron chi connectivity index (χ2n) is 5.03. The number of methoxy groups -OCH3 is 1. The van der Waals surface area contributed by atoms with Crippen LogP contribution in [-0.2, 0) is 6.54 Å². The molecule has 21 heavy (non-hydrogen) atoms. The van der Waals surface area contributed by atoms with Crippen LogP contribution in [0.3, 0.4) is 0 Å². The van der Waals surface area contributed by atoms with E-state index in [4.69, 9.17) is 4.74 Å². The highest BCUT2D eigenvalue weighted by molar-refractivity contribution is 5.35. The summed E-state index contributed by atoms with van der Waals surface area (Å²) in [6.45, 7) is 6.18. The van der Waals surface area contributed by atoms with Crippen LogP contribution in [0.15, 0.2) is 30.7 Å². The third kappa shape index (κ3) is 3.82. The summed E-state index contributed by atoms with van der Waals surface area (Å²) in [6, 6.07) is 4.05. The molecule has 0 aliphatic carbocycles. The number of ether oxygens (including phenoxy) is 1. The van der Waals surface area contributed by atoms with Crippen molar-refractivity contribution in [2.24, 2.45) is 0 Å². The topological polar surface area (TPSA) is 52.0 Å². The minimum atomic E-state index is 0.0548. The van der Waals surface area contributed by atoms with Gasteiger partial charge in [-0.25, -0.2) is 4.98 Å². The minimum Gasteiger partial charge on any atom is -0.481 e. The zero-order valence-corrected chi connectivity index (χ0v) is 13.0. The summed E-state index contributed by atoms with van der Waals surface area (Å²) in [6.07, 6.45) is 7.92. The van der Waals surface area contributed by atoms with Crippen LogP contribution >= 0.6 is 0 Å². The minimum absolute atomic E-state index is 0.0548. The van der Waals surface area contributed by atoms with Crippen molar-refractivity contribution in [3.8, 4) is 5.88 Å². The average Bonchev–Trinajstić information content (AvgIpc) is 2.97. The van der Waals surface area contributed by atoms with Crippen LogP contribution in [0.25, 0.3) is 0 Å². The normalized spacial score (nSPS) is 12.3. The molecule has 2 aromatic rings. The van der Waals surface area contributed by atoms with Gasteiger partial charge in [-0.1, -0.05) is 19.9 Å². The van der Waals surface area contributed by atoms with Gasteiger partial charge in [-0.3, -0.25) is 4.68 Å². The quantitative estimate of drug-likeness (QED) is 0.811. The first-order chi connectivity index (χ1) is 10.3. The molecule has 2 rings (SSSR count). The lowest BCUT2D eigenvalue weighted by molar-refractivity contribution is 0.387. The average molecular weight is 288 g/mol. The SMILES string of the molecule is CCCNC(c1cnn(CCC)c1)c1cccnc1OC. The Labute approximate surface area is 126 Å². The predicted octanol–water partition coefficient (Wildman–Crippen LogP) is 2.79. The fourth-order valence-corrected chi connectivity index (χ4v) is 2.37. The molecular formula is C16H24N4O. The van der Waals surface area contributed by atoms with E-state index in [9.17, 15) is 0 Å². The lowest BCUT2D eigenvalue weighted by atomic mass is 10.0. The molecule has 1 N–H and O–H groups in total. The van der Waals surface area contributed by atoms with Crippen molar-refractivity contribution in [1.82, 2.24) is 20.1 Å². The van der Waals surface area contributed by atoms with Crippen molar-refractivity contribution in [1.29, 1.82) is 0 Å². The van der Waals surface area contributed by atoms with Gasteiger partial charge in [0, 0.05) is 30.1 Å². The number of nitrogens with one attached hydrogen (secondary N) is 1. The van der Waals surface area contributed by atoms with Crippen LogP contribution in [-0.4, -0.2) is 28.4 Å². The zero-order chi connectivity index (χ0) is 15.1. The van der Waals surface area contributed by atoms with Crippen molar-refractivity contribution < 1.29 is 4.74 Å². The maximum atomic E-state index is 5.40. The molecule has 2 aromatic heterocycles. The van der Waals surface area contributed by atoms with Gasteiger partial charge in [-0.05, 0) is 25.5 Å². The molecule has 0 radical (unpaired) electrons. The highest BCUT2D eigenvalue weighted by Gasteiger charge is 2.19. The fourth-order valence-electron chi connectivity index (χ4n) is 2.37. The summed E-state index contributed by atoms with van der Waals surface area (Å²) in [5.74, 6) is 0.661. The molecule has 0 aromatic carbocycles. The van der Waals surface area contributed by atoms with Crippen LogP contribution in [0.4, 0.5) is 0 Å². The second kappa shape index (κ2) is 7.78. The van der Waals surface area contributed by atoms with Gasteiger partial charge in [0.15, 0.2) is 0 Å². The molecule has 0 amide bonds. The molecular weight excluding hydrogens is 264 g/mol. The number of aryl methyl sites for hydroxylation is 1. The molecule has 1 atom stereocenters. The maximum absolute atomic E-state index is 5.40. The molecule has 0 fully saturated rings. The van der Waals surface area contributed by atoms with Gasteiger partial charge in [-0.15, -0.1) is 0 Å². The van der Waals surface area contributed by atoms with E-state index in [2.05, 4.69) is 41.5 Å². The van der Waals surface area contributed by atoms with Crippen molar-refractivity contribution in [2.75, 3.05) is 13.7 Å². The first kappa shape index (κ1) is 15.5. The molecule has 0 aliphatic heterocycles. The number of rotatable bonds is 8. The number of nitrogens with zero attached hydrogens (tertiary/aromatic N) is 3. The molecule has 0 saturated carbocycles. The molecule has 0 saturated heterocycles. The van der Waals surface area contributed by atoms with E-state index in [1.807, 2.05) is 16.9 Å². The van der Waals surface area contributed by atoms with E-state index in [0.717, 1.165) is 37.1 Å². The Morgan fingerprint density at radius 1 is 1.33 bits per heavy atom. The summed E-state index contributed by atoms with van der Waals surface area (Å²) < 4.78 is 7.39. The zero-order valence-electron chi connectivity index (χ0n) is 13.0. The van der Waals surface area contributed by atoms with E-state index >= 15 is 0 Å². The Hall–Kier alpha value is -1.88. The Morgan fingerprint density at radius 2 is 2.19 bits per heavy atom. The highest BCUT2D eigenvalue weighted by Crippen LogP contribution is 2.28. The maximum Gasteiger partial charge on any atom is 0.218 e. The lowest BCUT2D eigenvalue weighted by Crippen LogP contribution is -2.23. The first-order valence-corrected chi connectivity index (χ1v) is 7.54. The van der Waals surface area contributed by atoms with Crippen LogP contribution in [0.5, 0.6) is 5.88 Å². The van der Waals surface area contributed by atoms with Crippen LogP contribution in [0, 0.1) is 0 Å². The van der Waals surface area contributed by atoms with Crippen LogP contribution < -0.4 is 10.1 Å². The van der Waals surface area contributed by atoms with Gasteiger partial charge in [0.1, 0.15) is 0 Å². The Kier molecular flexibility index (Phi) is 5.75. The molecule has 0 aliphatic rings. The third-order valence-electron chi connectivity index (χ3n) is 3.34. The summed E-state index contributed by atoms with van der Waals surface area (Å²) in [5.41, 5.74) is 2.19. The highest BCUT2D eigenvalue weighted by atomic mass is 16.5. The Bertz CT molecular complexity index is 553. The molecule has 114 valence electrons. The van der Waals surface area contributed by atoms with Gasteiger partial charge in [0.05, 0.1) is 19.3 Å². The number of hydrogen-bond donors (Lipinski definition) is 1. The van der Waals surface area contributed by atoms with E-state index in [-0.39, 0.29) is 6.04 Å². The monoisotopic (exact) mass is 288 g/mol. The van der Waals surface area contributed by atoms with E-state index in [0.29, 0.717) is 5.88 Å². The molecule has 2 heterocycles. The van der Waals surface area contributed by atoms with Crippen LogP contribution in [0.2, 0.25) is 0 Å². The molecule has 5 nitrogen and oxygen atoms in total. The number of aromatic nitrogens is 3. The predicted molar refractivity (Wildman–Crippen MR) is 83.4 cm³/mol. The summed E-state index contributed by atoms with van der Waals surface area (Å²) >= 11 is 0. The smallest absolute Gasteiger partial charge is 0.218 e. The molecule has 0 bridgehead atoms. The van der Waals surface area contributed by atoms with Crippen molar-refractivity contribution in [2.45, 2.75) is 39.3 Å². The summed E-state index contributed by atoms with van der Waals surface area (Å²) in [5, 5.41) is 7.99. The molecule has 1 unspecified atom stereocenters. The fraction of sp³-hybridized carbons (Fsp3) is 0.500. The second-order valence-corrected chi connectivity index (χ2v) is 5.03. The molecule has 5 heteroatoms. The van der Waals surface area contributed by atoms with Gasteiger partial charge in [0.25, 0.3) is 0 Å². The van der Waals surface area contributed by atoms with Gasteiger partial charge >= 0.3 is 0 Å². The standard InChI is InChI=1S/C16H24N4O/c1-4-8-17-15(13-11-19-20(12-13)10-5-2)14-7-6-9-18-16(14)21-3/h6-7,9,11-12,15,17H,4-5,8,10H2,1-3H3. The number of pyridine rings is 1. The Morgan fingerprint density at radius 3 is 2.90 bits per heavy atom. The van der Waals surface area contributed by atoms with E-state index in [1.165, 1.54) is 0 Å². The summed E-state index contributed by atoms with van der Waals surface area (Å²) in [4.78, 5) is 4.31. The van der Waals surface area contributed by atoms with E-state index in [1.54, 1.807) is 13.3 Å². The summed E-state index contributed by atoms with van der Waals surface area (Å²) in [7, 11) is 1.66. The Balaban J connectivity index is 2.32. The largest absolute Gasteiger partial charge is 0.481 e. The van der Waals surface area contributed by atoms with Crippen molar-refractivity contribution in [3.63, 3.8) is 0 Å². The lowest BCUT2D eigenvalue weighted by Gasteiger charge is -2.19.